The second kappa shape index (κ2) is 9.66. The van der Waals surface area contributed by atoms with E-state index >= 15 is 0 Å². The molecule has 1 saturated heterocycles. The summed E-state index contributed by atoms with van der Waals surface area (Å²) in [4.78, 5) is 31.5. The number of benzene rings is 1. The maximum Gasteiger partial charge on any atom is 0.229 e. The highest BCUT2D eigenvalue weighted by Gasteiger charge is 2.33. The normalized spacial score (nSPS) is 18.8. The molecule has 176 valence electrons. The summed E-state index contributed by atoms with van der Waals surface area (Å²) in [7, 11) is -2.47. The number of morpholine rings is 1. The van der Waals surface area contributed by atoms with Gasteiger partial charge >= 0.3 is 0 Å². The van der Waals surface area contributed by atoms with Gasteiger partial charge in [-0.05, 0) is 29.8 Å². The number of nitrogens with zero attached hydrogens (tertiary/aromatic N) is 2. The lowest BCUT2D eigenvalue weighted by atomic mass is 9.98. The Kier molecular flexibility index (Phi) is 6.87. The Balaban J connectivity index is 1.55. The van der Waals surface area contributed by atoms with Crippen LogP contribution in [-0.2, 0) is 25.1 Å². The summed E-state index contributed by atoms with van der Waals surface area (Å²) in [6.07, 6.45) is 1.31. The van der Waals surface area contributed by atoms with Crippen molar-refractivity contribution in [1.29, 1.82) is 0 Å². The Morgan fingerprint density at radius 2 is 2.03 bits per heavy atom. The minimum absolute atomic E-state index is 0.0271. The summed E-state index contributed by atoms with van der Waals surface area (Å²) >= 11 is 5.98. The second-order valence-corrected chi connectivity index (χ2v) is 10.2. The van der Waals surface area contributed by atoms with Crippen LogP contribution in [0.15, 0.2) is 35.4 Å². The first-order chi connectivity index (χ1) is 15.8. The largest absolute Gasteiger partial charge is 0.495 e. The van der Waals surface area contributed by atoms with Crippen LogP contribution in [0.3, 0.4) is 0 Å². The highest BCUT2D eigenvalue weighted by atomic mass is 35.5. The summed E-state index contributed by atoms with van der Waals surface area (Å²) in [5, 5.41) is 0.258. The van der Waals surface area contributed by atoms with E-state index in [2.05, 4.69) is 4.98 Å². The van der Waals surface area contributed by atoms with Crippen molar-refractivity contribution in [2.75, 3.05) is 40.0 Å². The van der Waals surface area contributed by atoms with Gasteiger partial charge in [0.15, 0.2) is 15.6 Å². The highest BCUT2D eigenvalue weighted by molar-refractivity contribution is 7.90. The molecule has 0 bridgehead atoms. The molecule has 3 heterocycles. The number of hydrogen-bond donors (Lipinski definition) is 0. The van der Waals surface area contributed by atoms with E-state index in [1.54, 1.807) is 4.90 Å². The SMILES string of the molecule is COc1ccc(Cl)cc1S(=O)(=O)Cc1cnc2c(c1)C(=O)CC(C(=O)N1CCOCC1)CO2. The Labute approximate surface area is 196 Å². The van der Waals surface area contributed by atoms with E-state index in [-0.39, 0.29) is 51.8 Å². The number of pyridine rings is 1. The van der Waals surface area contributed by atoms with Crippen molar-refractivity contribution in [2.45, 2.75) is 17.1 Å². The van der Waals surface area contributed by atoms with Crippen molar-refractivity contribution >= 4 is 33.1 Å². The smallest absolute Gasteiger partial charge is 0.229 e. The summed E-state index contributed by atoms with van der Waals surface area (Å²) in [5.41, 5.74) is 0.476. The van der Waals surface area contributed by atoms with Crippen LogP contribution in [0, 0.1) is 5.92 Å². The number of amides is 1. The second-order valence-electron chi connectivity index (χ2n) is 7.82. The molecule has 33 heavy (non-hydrogen) atoms. The highest BCUT2D eigenvalue weighted by Crippen LogP contribution is 2.31. The van der Waals surface area contributed by atoms with E-state index in [1.807, 2.05) is 0 Å². The standard InChI is InChI=1S/C22H23ClN2O7S/c1-30-19-3-2-16(23)10-20(19)33(28,29)13-14-8-17-18(26)9-15(12-32-21(17)24-11-14)22(27)25-4-6-31-7-5-25/h2-3,8,10-11,15H,4-7,9,12-13H2,1H3. The summed E-state index contributed by atoms with van der Waals surface area (Å²) in [6.45, 7) is 1.90. The van der Waals surface area contributed by atoms with Gasteiger partial charge in [-0.3, -0.25) is 9.59 Å². The maximum absolute atomic E-state index is 13.0. The van der Waals surface area contributed by atoms with E-state index in [0.29, 0.717) is 31.9 Å². The van der Waals surface area contributed by atoms with Crippen LogP contribution in [0.2, 0.25) is 5.02 Å². The molecule has 1 unspecified atom stereocenters. The zero-order chi connectivity index (χ0) is 23.6. The summed E-state index contributed by atoms with van der Waals surface area (Å²) < 4.78 is 42.2. The molecule has 11 heteroatoms. The fraction of sp³-hybridized carbons (Fsp3) is 0.409. The molecule has 2 aliphatic heterocycles. The van der Waals surface area contributed by atoms with Gasteiger partial charge in [0.25, 0.3) is 0 Å². The minimum Gasteiger partial charge on any atom is -0.495 e. The molecule has 2 aliphatic rings. The summed E-state index contributed by atoms with van der Waals surface area (Å²) in [6, 6.07) is 5.80. The Bertz CT molecular complexity index is 1180. The lowest BCUT2D eigenvalue weighted by Crippen LogP contribution is -2.45. The van der Waals surface area contributed by atoms with Gasteiger partial charge in [-0.15, -0.1) is 0 Å². The number of rotatable bonds is 5. The molecule has 0 radical (unpaired) electrons. The first-order valence-electron chi connectivity index (χ1n) is 10.4. The molecule has 1 aromatic carbocycles. The van der Waals surface area contributed by atoms with E-state index in [9.17, 15) is 18.0 Å². The monoisotopic (exact) mass is 494 g/mol. The van der Waals surface area contributed by atoms with Crippen LogP contribution < -0.4 is 9.47 Å². The van der Waals surface area contributed by atoms with Gasteiger partial charge in [0, 0.05) is 30.7 Å². The van der Waals surface area contributed by atoms with Crippen molar-refractivity contribution in [3.8, 4) is 11.6 Å². The number of fused-ring (bicyclic) bond motifs is 1. The van der Waals surface area contributed by atoms with Crippen molar-refractivity contribution < 1.29 is 32.2 Å². The first-order valence-corrected chi connectivity index (χ1v) is 12.4. The number of carbonyl (C=O) groups is 2. The number of methoxy groups -OCH3 is 1. The van der Waals surface area contributed by atoms with Gasteiger partial charge < -0.3 is 19.1 Å². The molecule has 1 amide bonds. The van der Waals surface area contributed by atoms with Crippen LogP contribution in [-0.4, -0.2) is 70.0 Å². The number of Topliss-reactive ketones (excluding diaryl/α,β-unsaturated/α-hetero) is 1. The third-order valence-corrected chi connectivity index (χ3v) is 7.49. The van der Waals surface area contributed by atoms with Gasteiger partial charge in [-0.2, -0.15) is 0 Å². The first kappa shape index (κ1) is 23.5. The average Bonchev–Trinajstić information content (AvgIpc) is 2.97. The lowest BCUT2D eigenvalue weighted by molar-refractivity contribution is -0.140. The van der Waals surface area contributed by atoms with E-state index in [0.717, 1.165) is 0 Å². The van der Waals surface area contributed by atoms with Crippen LogP contribution in [0.5, 0.6) is 11.6 Å². The fourth-order valence-electron chi connectivity index (χ4n) is 3.85. The van der Waals surface area contributed by atoms with Gasteiger partial charge in [0.1, 0.15) is 17.3 Å². The molecule has 0 saturated carbocycles. The van der Waals surface area contributed by atoms with Crippen molar-refractivity contribution in [1.82, 2.24) is 9.88 Å². The van der Waals surface area contributed by atoms with Crippen LogP contribution in [0.1, 0.15) is 22.3 Å². The number of sulfone groups is 1. The van der Waals surface area contributed by atoms with Gasteiger partial charge in [-0.1, -0.05) is 11.6 Å². The van der Waals surface area contributed by atoms with E-state index in [1.165, 1.54) is 37.6 Å². The number of hydrogen-bond acceptors (Lipinski definition) is 8. The molecule has 0 spiro atoms. The molecule has 0 N–H and O–H groups in total. The number of halogens is 1. The lowest BCUT2D eigenvalue weighted by Gasteiger charge is -2.29. The van der Waals surface area contributed by atoms with Gasteiger partial charge in [-0.25, -0.2) is 13.4 Å². The van der Waals surface area contributed by atoms with Crippen LogP contribution in [0.4, 0.5) is 0 Å². The van der Waals surface area contributed by atoms with Crippen LogP contribution in [0.25, 0.3) is 0 Å². The molecule has 2 aromatic rings. The molecule has 9 nitrogen and oxygen atoms in total. The Morgan fingerprint density at radius 1 is 1.27 bits per heavy atom. The third kappa shape index (κ3) is 5.13. The zero-order valence-corrected chi connectivity index (χ0v) is 19.5. The quantitative estimate of drug-likeness (QED) is 0.621. The van der Waals surface area contributed by atoms with Crippen molar-refractivity contribution in [3.63, 3.8) is 0 Å². The van der Waals surface area contributed by atoms with Gasteiger partial charge in [0.05, 0.1) is 37.6 Å². The van der Waals surface area contributed by atoms with Crippen LogP contribution >= 0.6 is 11.6 Å². The molecule has 4 rings (SSSR count). The molecule has 1 fully saturated rings. The fourth-order valence-corrected chi connectivity index (χ4v) is 5.61. The number of aromatic nitrogens is 1. The molecule has 0 aliphatic carbocycles. The average molecular weight is 495 g/mol. The zero-order valence-electron chi connectivity index (χ0n) is 18.0. The number of carbonyl (C=O) groups excluding carboxylic acids is 2. The topological polar surface area (TPSA) is 112 Å². The molecule has 1 aromatic heterocycles. The van der Waals surface area contributed by atoms with Crippen molar-refractivity contribution in [3.05, 3.63) is 46.6 Å². The number of ketones is 1. The summed E-state index contributed by atoms with van der Waals surface area (Å²) in [5.74, 6) is -1.25. The Hall–Kier alpha value is -2.69. The predicted octanol–water partition coefficient (Wildman–Crippen LogP) is 2.16. The molecule has 1 atom stereocenters. The third-order valence-electron chi connectivity index (χ3n) is 5.55. The predicted molar refractivity (Wildman–Crippen MR) is 118 cm³/mol. The molecular weight excluding hydrogens is 472 g/mol. The number of ether oxygens (including phenoxy) is 3. The minimum atomic E-state index is -3.84. The van der Waals surface area contributed by atoms with E-state index in [4.69, 9.17) is 25.8 Å². The van der Waals surface area contributed by atoms with E-state index < -0.39 is 21.5 Å². The van der Waals surface area contributed by atoms with Crippen molar-refractivity contribution in [2.24, 2.45) is 5.92 Å². The maximum atomic E-state index is 13.0. The molecular formula is C22H23ClN2O7S. The van der Waals surface area contributed by atoms with Gasteiger partial charge in [0.2, 0.25) is 11.8 Å². The Morgan fingerprint density at radius 3 is 2.76 bits per heavy atom.